The Morgan fingerprint density at radius 3 is 2.10 bits per heavy atom. The first-order valence-corrected chi connectivity index (χ1v) is 13.6. The summed E-state index contributed by atoms with van der Waals surface area (Å²) >= 11 is 0. The van der Waals surface area contributed by atoms with Crippen LogP contribution in [0.15, 0.2) is 78.9 Å². The molecule has 208 valence electrons. The third-order valence-corrected chi connectivity index (χ3v) is 7.75. The minimum absolute atomic E-state index is 0.127. The Morgan fingerprint density at radius 2 is 1.48 bits per heavy atom. The molecule has 2 N–H and O–H groups in total. The zero-order valence-electron chi connectivity index (χ0n) is 22.8. The molecule has 0 aromatic heterocycles. The highest BCUT2D eigenvalue weighted by molar-refractivity contribution is 5.99. The van der Waals surface area contributed by atoms with Gasteiger partial charge in [-0.15, -0.1) is 0 Å². The zero-order chi connectivity index (χ0) is 28.3. The van der Waals surface area contributed by atoms with Gasteiger partial charge in [0, 0.05) is 30.2 Å². The number of amides is 4. The number of likely N-dealkylation sites (tertiary alicyclic amines) is 1. The fourth-order valence-electron chi connectivity index (χ4n) is 5.46. The average molecular weight is 544 g/mol. The summed E-state index contributed by atoms with van der Waals surface area (Å²) in [6, 6.07) is 22.8. The number of benzene rings is 3. The van der Waals surface area contributed by atoms with Crippen LogP contribution in [0.2, 0.25) is 0 Å². The lowest BCUT2D eigenvalue weighted by Gasteiger charge is -2.43. The Labute approximate surface area is 233 Å². The normalized spacial score (nSPS) is 16.5. The number of urea groups is 1. The average Bonchev–Trinajstić information content (AvgIpc) is 3.21. The van der Waals surface area contributed by atoms with Gasteiger partial charge in [0.2, 0.25) is 5.91 Å². The summed E-state index contributed by atoms with van der Waals surface area (Å²) in [5.41, 5.74) is 2.43. The number of nitrogens with one attached hydrogen (secondary N) is 2. The van der Waals surface area contributed by atoms with E-state index in [2.05, 4.69) is 29.4 Å². The number of hydrogen-bond acceptors (Lipinski definition) is 4. The van der Waals surface area contributed by atoms with Gasteiger partial charge in [-0.2, -0.15) is 0 Å². The third kappa shape index (κ3) is 5.64. The molecule has 0 bridgehead atoms. The minimum Gasteiger partial charge on any atom is -0.339 e. The highest BCUT2D eigenvalue weighted by atomic mass is 19.1. The van der Waals surface area contributed by atoms with Gasteiger partial charge in [-0.25, -0.2) is 9.18 Å². The number of carbonyl (C=O) groups excluding carboxylic acids is 3. The Hall–Kier alpha value is -4.40. The van der Waals surface area contributed by atoms with Crippen LogP contribution in [0, 0.1) is 5.82 Å². The molecular weight excluding hydrogens is 509 g/mol. The molecule has 5 rings (SSSR count). The molecule has 2 heterocycles. The predicted octanol–water partition coefficient (Wildman–Crippen LogP) is 5.26. The molecule has 2 saturated heterocycles. The lowest BCUT2D eigenvalue weighted by atomic mass is 9.85. The molecule has 2 aliphatic rings. The van der Waals surface area contributed by atoms with Gasteiger partial charge in [0.05, 0.1) is 6.67 Å². The van der Waals surface area contributed by atoms with Crippen LogP contribution in [0.5, 0.6) is 0 Å². The maximum absolute atomic E-state index is 13.9. The van der Waals surface area contributed by atoms with Crippen LogP contribution in [0.3, 0.4) is 0 Å². The first-order chi connectivity index (χ1) is 19.2. The molecule has 0 saturated carbocycles. The fraction of sp³-hybridized carbons (Fsp3) is 0.323. The number of para-hydroxylation sites is 1. The summed E-state index contributed by atoms with van der Waals surface area (Å²) in [5, 5.41) is 5.71. The van der Waals surface area contributed by atoms with Crippen molar-refractivity contribution in [3.63, 3.8) is 0 Å². The molecule has 4 amide bonds. The molecule has 2 fully saturated rings. The lowest BCUT2D eigenvalue weighted by molar-refractivity contribution is -0.136. The van der Waals surface area contributed by atoms with Crippen molar-refractivity contribution in [1.29, 1.82) is 0 Å². The number of carbonyl (C=O) groups is 3. The molecule has 2 aliphatic heterocycles. The summed E-state index contributed by atoms with van der Waals surface area (Å²) < 4.78 is 13.2. The van der Waals surface area contributed by atoms with Crippen molar-refractivity contribution in [2.24, 2.45) is 0 Å². The van der Waals surface area contributed by atoms with Crippen LogP contribution >= 0.6 is 0 Å². The number of piperidine rings is 1. The van der Waals surface area contributed by atoms with E-state index in [0.29, 0.717) is 37.5 Å². The zero-order valence-corrected chi connectivity index (χ0v) is 22.8. The molecule has 40 heavy (non-hydrogen) atoms. The van der Waals surface area contributed by atoms with E-state index in [1.165, 1.54) is 29.8 Å². The Bertz CT molecular complexity index is 1350. The van der Waals surface area contributed by atoms with Crippen molar-refractivity contribution in [2.45, 2.75) is 38.1 Å². The first-order valence-electron chi connectivity index (χ1n) is 13.6. The quantitative estimate of drug-likeness (QED) is 0.444. The summed E-state index contributed by atoms with van der Waals surface area (Å²) in [4.78, 5) is 45.1. The molecule has 3 aromatic carbocycles. The van der Waals surface area contributed by atoms with Crippen LogP contribution in [0.1, 0.15) is 38.2 Å². The number of rotatable bonds is 6. The van der Waals surface area contributed by atoms with E-state index in [4.69, 9.17) is 0 Å². The number of hydrogen-bond donors (Lipinski definition) is 2. The number of anilines is 3. The van der Waals surface area contributed by atoms with Gasteiger partial charge in [-0.3, -0.25) is 9.59 Å². The van der Waals surface area contributed by atoms with E-state index in [0.717, 1.165) is 11.4 Å². The lowest BCUT2D eigenvalue weighted by Crippen LogP contribution is -2.58. The highest BCUT2D eigenvalue weighted by Crippen LogP contribution is 2.39. The highest BCUT2D eigenvalue weighted by Gasteiger charge is 2.54. The molecule has 0 atom stereocenters. The molecule has 0 aliphatic carbocycles. The van der Waals surface area contributed by atoms with Crippen LogP contribution < -0.4 is 15.5 Å². The Balaban J connectivity index is 1.28. The molecule has 1 spiro atoms. The van der Waals surface area contributed by atoms with E-state index in [1.54, 1.807) is 9.80 Å². The van der Waals surface area contributed by atoms with E-state index < -0.39 is 11.4 Å². The summed E-state index contributed by atoms with van der Waals surface area (Å²) in [7, 11) is 0. The smallest absolute Gasteiger partial charge is 0.321 e. The van der Waals surface area contributed by atoms with E-state index in [-0.39, 0.29) is 31.1 Å². The fourth-order valence-corrected chi connectivity index (χ4v) is 5.46. The molecule has 8 nitrogen and oxygen atoms in total. The number of nitrogens with zero attached hydrogens (tertiary/aromatic N) is 3. The molecule has 0 radical (unpaired) electrons. The van der Waals surface area contributed by atoms with E-state index in [1.807, 2.05) is 54.6 Å². The predicted molar refractivity (Wildman–Crippen MR) is 154 cm³/mol. The topological polar surface area (TPSA) is 85.0 Å². The number of halogens is 1. The van der Waals surface area contributed by atoms with E-state index >= 15 is 0 Å². The van der Waals surface area contributed by atoms with Crippen LogP contribution in [-0.2, 0) is 9.59 Å². The van der Waals surface area contributed by atoms with Gasteiger partial charge in [-0.1, -0.05) is 44.2 Å². The minimum atomic E-state index is -0.854. The van der Waals surface area contributed by atoms with Crippen molar-refractivity contribution in [2.75, 3.05) is 41.8 Å². The molecule has 3 aromatic rings. The van der Waals surface area contributed by atoms with Gasteiger partial charge in [0.15, 0.2) is 0 Å². The van der Waals surface area contributed by atoms with Crippen molar-refractivity contribution < 1.29 is 18.8 Å². The summed E-state index contributed by atoms with van der Waals surface area (Å²) in [5.74, 6) is -0.467. The SMILES string of the molecule is CC(C)c1ccc(NC(=O)N2CCC3(CC2)C(=O)N(CC(=O)Nc2ccc(F)cc2)CN3c2ccccc2)cc1. The third-order valence-electron chi connectivity index (χ3n) is 7.75. The Morgan fingerprint density at radius 1 is 0.875 bits per heavy atom. The van der Waals surface area contributed by atoms with Gasteiger partial charge in [0.25, 0.3) is 5.91 Å². The molecular formula is C31H34FN5O3. The van der Waals surface area contributed by atoms with Crippen molar-refractivity contribution in [3.05, 3.63) is 90.2 Å². The van der Waals surface area contributed by atoms with Gasteiger partial charge < -0.3 is 25.3 Å². The Kier molecular flexibility index (Phi) is 7.73. The van der Waals surface area contributed by atoms with Crippen molar-refractivity contribution in [1.82, 2.24) is 9.80 Å². The second-order valence-electron chi connectivity index (χ2n) is 10.7. The van der Waals surface area contributed by atoms with Crippen LogP contribution in [0.4, 0.5) is 26.2 Å². The summed E-state index contributed by atoms with van der Waals surface area (Å²) in [6.45, 7) is 5.19. The largest absolute Gasteiger partial charge is 0.339 e. The van der Waals surface area contributed by atoms with Gasteiger partial charge >= 0.3 is 6.03 Å². The molecule has 9 heteroatoms. The van der Waals surface area contributed by atoms with E-state index in [9.17, 15) is 18.8 Å². The summed E-state index contributed by atoms with van der Waals surface area (Å²) in [6.07, 6.45) is 0.882. The van der Waals surface area contributed by atoms with Gasteiger partial charge in [-0.05, 0) is 72.9 Å². The van der Waals surface area contributed by atoms with Crippen molar-refractivity contribution >= 4 is 34.9 Å². The second-order valence-corrected chi connectivity index (χ2v) is 10.7. The molecule has 0 unspecified atom stereocenters. The van der Waals surface area contributed by atoms with Crippen molar-refractivity contribution in [3.8, 4) is 0 Å². The first kappa shape index (κ1) is 27.2. The van der Waals surface area contributed by atoms with Crippen LogP contribution in [-0.4, -0.2) is 59.5 Å². The standard InChI is InChI=1S/C31H34FN5O3/c1-22(2)23-8-12-26(13-9-23)34-30(40)35-18-16-31(17-19-35)29(39)36(21-37(31)27-6-4-3-5-7-27)20-28(38)33-25-14-10-24(32)11-15-25/h3-15,22H,16-21H2,1-2H3,(H,33,38)(H,34,40). The maximum Gasteiger partial charge on any atom is 0.321 e. The monoisotopic (exact) mass is 543 g/mol. The van der Waals surface area contributed by atoms with Crippen LogP contribution in [0.25, 0.3) is 0 Å². The maximum atomic E-state index is 13.9. The van der Waals surface area contributed by atoms with Gasteiger partial charge in [0.1, 0.15) is 17.9 Å². The second kappa shape index (κ2) is 11.4.